The summed E-state index contributed by atoms with van der Waals surface area (Å²) >= 11 is 2.05. The van der Waals surface area contributed by atoms with E-state index in [9.17, 15) is 0 Å². The molecular formula is C12H21N3OS. The molecule has 1 aliphatic rings. The highest BCUT2D eigenvalue weighted by Gasteiger charge is 2.15. The summed E-state index contributed by atoms with van der Waals surface area (Å²) in [5.41, 5.74) is 1.12. The summed E-state index contributed by atoms with van der Waals surface area (Å²) < 4.78 is 7.27. The van der Waals surface area contributed by atoms with Gasteiger partial charge in [0.05, 0.1) is 18.6 Å². The average Bonchev–Trinajstić information content (AvgIpc) is 2.85. The van der Waals surface area contributed by atoms with Gasteiger partial charge < -0.3 is 14.6 Å². The van der Waals surface area contributed by atoms with Gasteiger partial charge in [-0.1, -0.05) is 0 Å². The Bertz CT molecular complexity index is 323. The van der Waals surface area contributed by atoms with Gasteiger partial charge in [0, 0.05) is 38.2 Å². The Kier molecular flexibility index (Phi) is 5.35. The molecule has 0 spiro atoms. The molecule has 1 atom stereocenters. The Morgan fingerprint density at radius 3 is 3.35 bits per heavy atom. The van der Waals surface area contributed by atoms with Gasteiger partial charge in [-0.15, -0.1) is 0 Å². The maximum absolute atomic E-state index is 4.99. The smallest absolute Gasteiger partial charge is 0.0952 e. The number of aromatic nitrogens is 2. The third-order valence-corrected chi connectivity index (χ3v) is 4.20. The molecule has 1 fully saturated rings. The molecule has 1 saturated heterocycles. The van der Waals surface area contributed by atoms with Crippen LogP contribution in [0.25, 0.3) is 0 Å². The molecule has 0 saturated carbocycles. The van der Waals surface area contributed by atoms with Crippen molar-refractivity contribution in [2.45, 2.75) is 25.4 Å². The fourth-order valence-electron chi connectivity index (χ4n) is 2.02. The Labute approximate surface area is 107 Å². The van der Waals surface area contributed by atoms with E-state index in [1.165, 1.54) is 24.3 Å². The van der Waals surface area contributed by atoms with Gasteiger partial charge in [-0.05, 0) is 18.6 Å². The van der Waals surface area contributed by atoms with Gasteiger partial charge in [-0.2, -0.15) is 11.8 Å². The molecule has 0 aliphatic carbocycles. The number of imidazole rings is 1. The number of methoxy groups -OCH3 is 1. The quantitative estimate of drug-likeness (QED) is 0.785. The van der Waals surface area contributed by atoms with E-state index in [4.69, 9.17) is 4.74 Å². The van der Waals surface area contributed by atoms with Crippen LogP contribution in [0.4, 0.5) is 0 Å². The van der Waals surface area contributed by atoms with Crippen molar-refractivity contribution >= 4 is 11.8 Å². The van der Waals surface area contributed by atoms with E-state index >= 15 is 0 Å². The lowest BCUT2D eigenvalue weighted by atomic mass is 10.2. The normalized spacial score (nSPS) is 20.6. The summed E-state index contributed by atoms with van der Waals surface area (Å²) in [5.74, 6) is 2.55. The van der Waals surface area contributed by atoms with Gasteiger partial charge in [0.25, 0.3) is 0 Å². The van der Waals surface area contributed by atoms with E-state index < -0.39 is 0 Å². The van der Waals surface area contributed by atoms with E-state index in [0.29, 0.717) is 6.04 Å². The predicted molar refractivity (Wildman–Crippen MR) is 71.4 cm³/mol. The molecule has 96 valence electrons. The van der Waals surface area contributed by atoms with Gasteiger partial charge in [0.15, 0.2) is 0 Å². The summed E-state index contributed by atoms with van der Waals surface area (Å²) in [5, 5.41) is 3.31. The van der Waals surface area contributed by atoms with Crippen molar-refractivity contribution in [1.82, 2.24) is 14.9 Å². The predicted octanol–water partition coefficient (Wildman–Crippen LogP) is 1.69. The first-order valence-corrected chi connectivity index (χ1v) is 7.35. The molecule has 0 bridgehead atoms. The van der Waals surface area contributed by atoms with Gasteiger partial charge in [-0.25, -0.2) is 4.98 Å². The Balaban J connectivity index is 1.78. The number of thioether (sulfide) groups is 1. The van der Waals surface area contributed by atoms with Crippen LogP contribution in [-0.4, -0.2) is 41.3 Å². The molecule has 4 nitrogen and oxygen atoms in total. The van der Waals surface area contributed by atoms with Crippen LogP contribution in [0.3, 0.4) is 0 Å². The molecule has 17 heavy (non-hydrogen) atoms. The maximum atomic E-state index is 4.99. The number of nitrogens with zero attached hydrogens (tertiary/aromatic N) is 2. The maximum Gasteiger partial charge on any atom is 0.0952 e. The molecule has 1 aromatic heterocycles. The first-order chi connectivity index (χ1) is 8.40. The monoisotopic (exact) mass is 255 g/mol. The summed E-state index contributed by atoms with van der Waals surface area (Å²) in [6, 6.07) is 0.647. The first-order valence-electron chi connectivity index (χ1n) is 6.20. The van der Waals surface area contributed by atoms with Gasteiger partial charge in [-0.3, -0.25) is 0 Å². The third kappa shape index (κ3) is 4.01. The topological polar surface area (TPSA) is 39.1 Å². The van der Waals surface area contributed by atoms with Crippen LogP contribution in [0.1, 0.15) is 24.6 Å². The number of hydrogen-bond acceptors (Lipinski definition) is 4. The highest BCUT2D eigenvalue weighted by Crippen LogP contribution is 2.26. The number of ether oxygens (including phenoxy) is 1. The van der Waals surface area contributed by atoms with Crippen LogP contribution in [0.2, 0.25) is 0 Å². The van der Waals surface area contributed by atoms with Crippen LogP contribution in [0.15, 0.2) is 12.5 Å². The van der Waals surface area contributed by atoms with E-state index in [1.54, 1.807) is 7.11 Å². The minimum Gasteiger partial charge on any atom is -0.383 e. The molecule has 1 aliphatic heterocycles. The molecule has 1 unspecified atom stereocenters. The van der Waals surface area contributed by atoms with Gasteiger partial charge in [0.1, 0.15) is 0 Å². The van der Waals surface area contributed by atoms with E-state index in [2.05, 4.69) is 32.8 Å². The van der Waals surface area contributed by atoms with Gasteiger partial charge in [0.2, 0.25) is 0 Å². The fraction of sp³-hybridized carbons (Fsp3) is 0.750. The van der Waals surface area contributed by atoms with Crippen LogP contribution >= 0.6 is 11.8 Å². The van der Waals surface area contributed by atoms with Gasteiger partial charge >= 0.3 is 0 Å². The minimum atomic E-state index is 0.647. The summed E-state index contributed by atoms with van der Waals surface area (Å²) in [7, 11) is 1.72. The highest BCUT2D eigenvalue weighted by atomic mass is 32.2. The molecule has 1 aromatic rings. The summed E-state index contributed by atoms with van der Waals surface area (Å²) in [6.07, 6.45) is 6.77. The first kappa shape index (κ1) is 12.9. The lowest BCUT2D eigenvalue weighted by Gasteiger charge is -2.22. The van der Waals surface area contributed by atoms with E-state index in [1.807, 2.05) is 6.33 Å². The summed E-state index contributed by atoms with van der Waals surface area (Å²) in [6.45, 7) is 2.46. The molecule has 2 rings (SSSR count). The third-order valence-electron chi connectivity index (χ3n) is 3.00. The van der Waals surface area contributed by atoms with Crippen LogP contribution in [0.5, 0.6) is 0 Å². The summed E-state index contributed by atoms with van der Waals surface area (Å²) in [4.78, 5) is 4.44. The Morgan fingerprint density at radius 1 is 1.65 bits per heavy atom. The number of nitrogens with one attached hydrogen (secondary N) is 1. The Hall–Kier alpha value is -0.520. The number of rotatable bonds is 6. The second-order valence-corrected chi connectivity index (χ2v) is 5.50. The number of hydrogen-bond donors (Lipinski definition) is 1. The zero-order chi connectivity index (χ0) is 11.9. The van der Waals surface area contributed by atoms with Crippen molar-refractivity contribution in [2.75, 3.05) is 31.8 Å². The van der Waals surface area contributed by atoms with Crippen molar-refractivity contribution < 1.29 is 4.74 Å². The van der Waals surface area contributed by atoms with Crippen LogP contribution < -0.4 is 5.32 Å². The Morgan fingerprint density at radius 2 is 2.59 bits per heavy atom. The van der Waals surface area contributed by atoms with Crippen molar-refractivity contribution in [3.63, 3.8) is 0 Å². The minimum absolute atomic E-state index is 0.647. The second-order valence-electron chi connectivity index (χ2n) is 4.35. The molecule has 0 radical (unpaired) electrons. The van der Waals surface area contributed by atoms with Crippen LogP contribution in [0, 0.1) is 0 Å². The molecule has 2 heterocycles. The molecule has 0 amide bonds. The van der Waals surface area contributed by atoms with Crippen molar-refractivity contribution in [2.24, 2.45) is 0 Å². The standard InChI is InChI=1S/C12H21N3OS/c1-16-5-4-13-7-11-8-15(10-14-11)12-3-2-6-17-9-12/h8,10,12-13H,2-7,9H2,1H3. The average molecular weight is 255 g/mol. The largest absolute Gasteiger partial charge is 0.383 e. The lowest BCUT2D eigenvalue weighted by Crippen LogP contribution is -2.19. The molecule has 1 N–H and O–H groups in total. The SMILES string of the molecule is COCCNCc1cn(C2CCCSC2)cn1. The zero-order valence-corrected chi connectivity index (χ0v) is 11.2. The van der Waals surface area contributed by atoms with Crippen molar-refractivity contribution in [3.8, 4) is 0 Å². The molecular weight excluding hydrogens is 234 g/mol. The van der Waals surface area contributed by atoms with Crippen molar-refractivity contribution in [1.29, 1.82) is 0 Å². The fourth-order valence-corrected chi connectivity index (χ4v) is 3.17. The molecule has 5 heteroatoms. The zero-order valence-electron chi connectivity index (χ0n) is 10.4. The lowest BCUT2D eigenvalue weighted by molar-refractivity contribution is 0.199. The van der Waals surface area contributed by atoms with E-state index in [0.717, 1.165) is 25.4 Å². The second kappa shape index (κ2) is 7.03. The van der Waals surface area contributed by atoms with E-state index in [-0.39, 0.29) is 0 Å². The highest BCUT2D eigenvalue weighted by molar-refractivity contribution is 7.99. The van der Waals surface area contributed by atoms with Crippen molar-refractivity contribution in [3.05, 3.63) is 18.2 Å². The van der Waals surface area contributed by atoms with Crippen LogP contribution in [-0.2, 0) is 11.3 Å². The molecule has 0 aromatic carbocycles.